The molecule has 30 heavy (non-hydrogen) atoms. The number of amidine groups is 2. The molecule has 1 aromatic heterocycles. The van der Waals surface area contributed by atoms with E-state index in [0.717, 1.165) is 40.5 Å². The van der Waals surface area contributed by atoms with Gasteiger partial charge in [0.25, 0.3) is 0 Å². The molecule has 1 fully saturated rings. The second-order valence-corrected chi connectivity index (χ2v) is 8.72. The third-order valence-corrected chi connectivity index (χ3v) is 6.44. The number of aromatic nitrogens is 1. The first-order valence-electron chi connectivity index (χ1n) is 9.85. The van der Waals surface area contributed by atoms with Crippen molar-refractivity contribution in [1.82, 2.24) is 4.98 Å². The second kappa shape index (κ2) is 7.04. The minimum absolute atomic E-state index is 0.217. The van der Waals surface area contributed by atoms with Crippen LogP contribution in [-0.4, -0.2) is 16.7 Å². The van der Waals surface area contributed by atoms with Gasteiger partial charge in [-0.1, -0.05) is 40.2 Å². The average molecular weight is 461 g/mol. The Morgan fingerprint density at radius 3 is 2.60 bits per heavy atom. The van der Waals surface area contributed by atoms with Gasteiger partial charge >= 0.3 is 0 Å². The maximum atomic E-state index is 8.95. The van der Waals surface area contributed by atoms with Crippen LogP contribution in [-0.2, 0) is 5.54 Å². The van der Waals surface area contributed by atoms with E-state index in [1.165, 1.54) is 0 Å². The zero-order valence-corrected chi connectivity index (χ0v) is 17.8. The molecule has 1 aliphatic heterocycles. The monoisotopic (exact) mass is 460 g/mol. The minimum Gasteiger partial charge on any atom is -0.338 e. The molecule has 2 aromatic carbocycles. The Balaban J connectivity index is 1.58. The van der Waals surface area contributed by atoms with Gasteiger partial charge in [0.2, 0.25) is 0 Å². The highest BCUT2D eigenvalue weighted by Gasteiger charge is 2.34. The normalized spacial score (nSPS) is 16.6. The zero-order valence-electron chi connectivity index (χ0n) is 16.2. The van der Waals surface area contributed by atoms with Crippen molar-refractivity contribution in [1.29, 1.82) is 10.8 Å². The van der Waals surface area contributed by atoms with E-state index in [2.05, 4.69) is 26.2 Å². The Bertz CT molecular complexity index is 1170. The Morgan fingerprint density at radius 1 is 1.13 bits per heavy atom. The van der Waals surface area contributed by atoms with Gasteiger partial charge in [-0.25, -0.2) is 4.98 Å². The van der Waals surface area contributed by atoms with Gasteiger partial charge in [-0.15, -0.1) is 0 Å². The van der Waals surface area contributed by atoms with Crippen LogP contribution in [0.25, 0.3) is 0 Å². The molecular weight excluding hydrogens is 440 g/mol. The Kier molecular flexibility index (Phi) is 4.45. The fourth-order valence-corrected chi connectivity index (χ4v) is 4.39. The van der Waals surface area contributed by atoms with Gasteiger partial charge in [-0.05, 0) is 55.2 Å². The third-order valence-electron chi connectivity index (χ3n) is 5.94. The van der Waals surface area contributed by atoms with Crippen molar-refractivity contribution < 1.29 is 0 Å². The number of rotatable bonds is 2. The van der Waals surface area contributed by atoms with Gasteiger partial charge < -0.3 is 11.1 Å². The number of benzene rings is 2. The Morgan fingerprint density at radius 2 is 1.90 bits per heavy atom. The summed E-state index contributed by atoms with van der Waals surface area (Å²) in [5.74, 6) is 1.05. The predicted octanol–water partition coefficient (Wildman–Crippen LogP) is 5.10. The predicted molar refractivity (Wildman–Crippen MR) is 124 cm³/mol. The van der Waals surface area contributed by atoms with Crippen LogP contribution in [0, 0.1) is 10.8 Å². The highest BCUT2D eigenvalue weighted by Crippen LogP contribution is 2.39. The first kappa shape index (κ1) is 19.0. The smallest absolute Gasteiger partial charge is 0.154 e. The number of hydrogen-bond acceptors (Lipinski definition) is 5. The summed E-state index contributed by atoms with van der Waals surface area (Å²) in [6, 6.07) is 17.3. The van der Waals surface area contributed by atoms with Crippen molar-refractivity contribution in [2.45, 2.75) is 24.8 Å². The van der Waals surface area contributed by atoms with Crippen LogP contribution in [0.3, 0.4) is 0 Å². The van der Waals surface area contributed by atoms with Crippen molar-refractivity contribution in [3.8, 4) is 0 Å². The van der Waals surface area contributed by atoms with Crippen molar-refractivity contribution in [3.05, 3.63) is 82.0 Å². The summed E-state index contributed by atoms with van der Waals surface area (Å²) in [5, 5.41) is 21.2. The summed E-state index contributed by atoms with van der Waals surface area (Å²) in [7, 11) is 0. The molecule has 0 bridgehead atoms. The van der Waals surface area contributed by atoms with E-state index in [1.54, 1.807) is 11.1 Å². The van der Waals surface area contributed by atoms with Gasteiger partial charge in [0.1, 0.15) is 11.7 Å². The molecule has 0 spiro atoms. The fraction of sp³-hybridized carbons (Fsp3) is 0.174. The van der Waals surface area contributed by atoms with Crippen molar-refractivity contribution in [3.63, 3.8) is 0 Å². The van der Waals surface area contributed by atoms with Crippen LogP contribution < -0.4 is 16.0 Å². The summed E-state index contributed by atoms with van der Waals surface area (Å²) in [4.78, 5) is 6.08. The molecule has 2 heterocycles. The Hall–Kier alpha value is -3.03. The lowest BCUT2D eigenvalue weighted by Crippen LogP contribution is -2.43. The highest BCUT2D eigenvalue weighted by atomic mass is 79.9. The largest absolute Gasteiger partial charge is 0.338 e. The molecular formula is C23H21BrN6. The maximum Gasteiger partial charge on any atom is 0.154 e. The molecule has 0 radical (unpaired) electrons. The lowest BCUT2D eigenvalue weighted by molar-refractivity contribution is 0.253. The minimum atomic E-state index is -0.234. The van der Waals surface area contributed by atoms with E-state index < -0.39 is 0 Å². The molecule has 2 aliphatic rings. The topological polar surface area (TPSA) is 102 Å². The van der Waals surface area contributed by atoms with Gasteiger partial charge in [0, 0.05) is 27.3 Å². The summed E-state index contributed by atoms with van der Waals surface area (Å²) >= 11 is 3.50. The van der Waals surface area contributed by atoms with E-state index in [1.807, 2.05) is 54.6 Å². The van der Waals surface area contributed by atoms with E-state index in [0.29, 0.717) is 17.1 Å². The summed E-state index contributed by atoms with van der Waals surface area (Å²) < 4.78 is 0.872. The zero-order chi connectivity index (χ0) is 20.9. The standard InChI is InChI=1S/C23H21BrN6/c24-16-8-9-18-17(13-16)21(26)30(19-3-1-12-28-22(19)29-18)20(25)14-4-6-15(7-5-14)23(27)10-2-11-23/h1,3-9,12-13,25-26H,2,10-11,27H2,(H,28,29). The van der Waals surface area contributed by atoms with Crippen LogP contribution in [0.2, 0.25) is 0 Å². The van der Waals surface area contributed by atoms with Gasteiger partial charge in [-0.2, -0.15) is 0 Å². The van der Waals surface area contributed by atoms with Gasteiger partial charge in [0.15, 0.2) is 5.82 Å². The number of anilines is 3. The van der Waals surface area contributed by atoms with Crippen molar-refractivity contribution in [2.24, 2.45) is 5.73 Å². The molecule has 0 atom stereocenters. The second-order valence-electron chi connectivity index (χ2n) is 7.81. The molecule has 1 saturated carbocycles. The molecule has 0 amide bonds. The van der Waals surface area contributed by atoms with Crippen LogP contribution in [0.4, 0.5) is 17.2 Å². The lowest BCUT2D eigenvalue weighted by atomic mass is 9.73. The maximum absolute atomic E-state index is 8.95. The average Bonchev–Trinajstić information content (AvgIpc) is 2.86. The number of fused-ring (bicyclic) bond motifs is 2. The van der Waals surface area contributed by atoms with Gasteiger partial charge in [-0.3, -0.25) is 15.7 Å². The van der Waals surface area contributed by atoms with E-state index in [-0.39, 0.29) is 17.2 Å². The highest BCUT2D eigenvalue weighted by molar-refractivity contribution is 9.10. The summed E-state index contributed by atoms with van der Waals surface area (Å²) in [6.45, 7) is 0. The molecule has 150 valence electrons. The first-order valence-corrected chi connectivity index (χ1v) is 10.6. The van der Waals surface area contributed by atoms with Crippen molar-refractivity contribution in [2.75, 3.05) is 10.2 Å². The van der Waals surface area contributed by atoms with E-state index in [4.69, 9.17) is 16.6 Å². The van der Waals surface area contributed by atoms with Crippen LogP contribution in [0.15, 0.2) is 65.3 Å². The summed E-state index contributed by atoms with van der Waals surface area (Å²) in [5.41, 5.74) is 10.2. The molecule has 5 rings (SSSR count). The molecule has 6 nitrogen and oxygen atoms in total. The SMILES string of the molecule is N=C(c1ccc(C2(N)CCC2)cc1)N1C(=N)c2cc(Br)ccc2Nc2ncccc21. The molecule has 1 aliphatic carbocycles. The quantitative estimate of drug-likeness (QED) is 0.315. The number of hydrogen-bond donors (Lipinski definition) is 4. The number of pyridine rings is 1. The fourth-order valence-electron chi connectivity index (χ4n) is 4.03. The molecule has 5 N–H and O–H groups in total. The first-order chi connectivity index (χ1) is 14.5. The number of nitrogens with one attached hydrogen (secondary N) is 3. The molecule has 3 aromatic rings. The van der Waals surface area contributed by atoms with Crippen LogP contribution in [0.1, 0.15) is 36.0 Å². The number of nitrogens with two attached hydrogens (primary N) is 1. The van der Waals surface area contributed by atoms with Crippen LogP contribution in [0.5, 0.6) is 0 Å². The summed E-state index contributed by atoms with van der Waals surface area (Å²) in [6.07, 6.45) is 4.86. The number of nitrogens with zero attached hydrogens (tertiary/aromatic N) is 2. The molecule has 7 heteroatoms. The third kappa shape index (κ3) is 3.02. The number of halogens is 1. The molecule has 0 saturated heterocycles. The molecule has 0 unspecified atom stereocenters. The van der Waals surface area contributed by atoms with Crippen LogP contribution >= 0.6 is 15.9 Å². The Labute approximate surface area is 183 Å². The lowest BCUT2D eigenvalue weighted by Gasteiger charge is -2.38. The van der Waals surface area contributed by atoms with E-state index in [9.17, 15) is 0 Å². The van der Waals surface area contributed by atoms with E-state index >= 15 is 0 Å². The van der Waals surface area contributed by atoms with Gasteiger partial charge in [0.05, 0.1) is 11.4 Å². The van der Waals surface area contributed by atoms with Crippen molar-refractivity contribution >= 4 is 44.8 Å².